The number of anilines is 1. The lowest BCUT2D eigenvalue weighted by molar-refractivity contribution is -0.118. The van der Waals surface area contributed by atoms with Crippen molar-refractivity contribution >= 4 is 45.2 Å². The highest BCUT2D eigenvalue weighted by molar-refractivity contribution is 14.1. The summed E-state index contributed by atoms with van der Waals surface area (Å²) in [4.78, 5) is 23.1. The molecule has 23 heavy (non-hydrogen) atoms. The number of rotatable bonds is 4. The molecule has 1 heterocycles. The number of benzene rings is 2. The molecule has 0 atom stereocenters. The first-order chi connectivity index (χ1) is 11.1. The summed E-state index contributed by atoms with van der Waals surface area (Å²) in [6, 6.07) is 15.6. The van der Waals surface area contributed by atoms with Crippen LogP contribution in [-0.2, 0) is 4.79 Å². The molecule has 1 aromatic heterocycles. The van der Waals surface area contributed by atoms with Gasteiger partial charge in [-0.15, -0.1) is 0 Å². The number of hydrogen-bond acceptors (Lipinski definition) is 4. The molecule has 2 aromatic carbocycles. The summed E-state index contributed by atoms with van der Waals surface area (Å²) < 4.78 is 11.6. The van der Waals surface area contributed by atoms with Crippen LogP contribution in [0.3, 0.4) is 0 Å². The van der Waals surface area contributed by atoms with Gasteiger partial charge in [-0.25, -0.2) is 4.79 Å². The van der Waals surface area contributed by atoms with Gasteiger partial charge in [0.25, 0.3) is 5.91 Å². The van der Waals surface area contributed by atoms with E-state index in [0.29, 0.717) is 17.0 Å². The largest absolute Gasteiger partial charge is 0.484 e. The van der Waals surface area contributed by atoms with Crippen molar-refractivity contribution in [1.82, 2.24) is 0 Å². The van der Waals surface area contributed by atoms with Gasteiger partial charge in [-0.1, -0.05) is 0 Å². The van der Waals surface area contributed by atoms with Crippen molar-refractivity contribution in [2.45, 2.75) is 0 Å². The van der Waals surface area contributed by atoms with Gasteiger partial charge in [-0.3, -0.25) is 4.79 Å². The summed E-state index contributed by atoms with van der Waals surface area (Å²) >= 11 is 2.20. The van der Waals surface area contributed by atoms with Gasteiger partial charge in [0.2, 0.25) is 0 Å². The summed E-state index contributed by atoms with van der Waals surface area (Å²) in [6.45, 7) is -0.130. The minimum absolute atomic E-state index is 0.130. The first-order valence-electron chi connectivity index (χ1n) is 6.82. The molecule has 0 unspecified atom stereocenters. The van der Waals surface area contributed by atoms with E-state index in [1.54, 1.807) is 24.3 Å². The van der Waals surface area contributed by atoms with Crippen LogP contribution < -0.4 is 15.7 Å². The van der Waals surface area contributed by atoms with E-state index in [2.05, 4.69) is 27.9 Å². The predicted octanol–water partition coefficient (Wildman–Crippen LogP) is 3.42. The molecular formula is C17H12INO4. The van der Waals surface area contributed by atoms with E-state index in [1.165, 1.54) is 6.07 Å². The van der Waals surface area contributed by atoms with Crippen LogP contribution in [0.2, 0.25) is 0 Å². The zero-order valence-corrected chi connectivity index (χ0v) is 14.1. The monoisotopic (exact) mass is 421 g/mol. The maximum Gasteiger partial charge on any atom is 0.336 e. The average molecular weight is 421 g/mol. The van der Waals surface area contributed by atoms with Crippen molar-refractivity contribution in [3.05, 3.63) is 68.6 Å². The molecule has 1 N–H and O–H groups in total. The van der Waals surface area contributed by atoms with Crippen molar-refractivity contribution in [3.8, 4) is 5.75 Å². The molecule has 0 saturated heterocycles. The van der Waals surface area contributed by atoms with E-state index in [0.717, 1.165) is 8.96 Å². The fourth-order valence-corrected chi connectivity index (χ4v) is 2.37. The SMILES string of the molecule is O=C(COc1ccc2ccc(=O)oc2c1)Nc1ccc(I)cc1. The van der Waals surface area contributed by atoms with E-state index < -0.39 is 5.63 Å². The number of amides is 1. The van der Waals surface area contributed by atoms with Crippen molar-refractivity contribution in [2.24, 2.45) is 0 Å². The highest BCUT2D eigenvalue weighted by Gasteiger charge is 2.05. The Hall–Kier alpha value is -2.35. The first kappa shape index (κ1) is 15.5. The summed E-state index contributed by atoms with van der Waals surface area (Å²) in [5.74, 6) is 0.199. The van der Waals surface area contributed by atoms with Gasteiger partial charge in [0.15, 0.2) is 6.61 Å². The Bertz CT molecular complexity index is 902. The van der Waals surface area contributed by atoms with Crippen LogP contribution in [0.5, 0.6) is 5.75 Å². The van der Waals surface area contributed by atoms with Crippen LogP contribution in [0.1, 0.15) is 0 Å². The van der Waals surface area contributed by atoms with Crippen molar-refractivity contribution < 1.29 is 13.9 Å². The maximum atomic E-state index is 11.9. The Morgan fingerprint density at radius 2 is 1.83 bits per heavy atom. The quantitative estimate of drug-likeness (QED) is 0.518. The van der Waals surface area contributed by atoms with Gasteiger partial charge in [-0.2, -0.15) is 0 Å². The molecule has 0 fully saturated rings. The number of carbonyl (C=O) groups is 1. The van der Waals surface area contributed by atoms with E-state index in [-0.39, 0.29) is 12.5 Å². The molecule has 0 saturated carbocycles. The molecule has 0 aliphatic rings. The molecule has 5 nitrogen and oxygen atoms in total. The van der Waals surface area contributed by atoms with Crippen molar-refractivity contribution in [1.29, 1.82) is 0 Å². The first-order valence-corrected chi connectivity index (χ1v) is 7.90. The standard InChI is InChI=1S/C17H12INO4/c18-12-3-5-13(6-4-12)19-16(20)10-22-14-7-1-11-2-8-17(21)23-15(11)9-14/h1-9H,10H2,(H,19,20). The Morgan fingerprint density at radius 1 is 1.09 bits per heavy atom. The third-order valence-corrected chi connectivity index (χ3v) is 3.81. The number of fused-ring (bicyclic) bond motifs is 1. The summed E-state index contributed by atoms with van der Waals surface area (Å²) in [6.07, 6.45) is 0. The van der Waals surface area contributed by atoms with Gasteiger partial charge in [0, 0.05) is 26.8 Å². The Kier molecular flexibility index (Phi) is 4.61. The lowest BCUT2D eigenvalue weighted by atomic mass is 10.2. The molecule has 1 amide bonds. The lowest BCUT2D eigenvalue weighted by Gasteiger charge is -2.08. The molecule has 0 bridgehead atoms. The number of halogens is 1. The number of carbonyl (C=O) groups excluding carboxylic acids is 1. The maximum absolute atomic E-state index is 11.9. The summed E-state index contributed by atoms with van der Waals surface area (Å²) in [5.41, 5.74) is 0.711. The van der Waals surface area contributed by atoms with E-state index in [9.17, 15) is 9.59 Å². The van der Waals surface area contributed by atoms with Crippen LogP contribution >= 0.6 is 22.6 Å². The minimum Gasteiger partial charge on any atom is -0.484 e. The van der Waals surface area contributed by atoms with Gasteiger partial charge in [-0.05, 0) is 65.1 Å². The molecule has 0 aliphatic heterocycles. The van der Waals surface area contributed by atoms with Crippen LogP contribution in [0.15, 0.2) is 63.8 Å². The molecule has 6 heteroatoms. The Labute approximate surface area is 145 Å². The second-order valence-corrected chi connectivity index (χ2v) is 6.04. The second kappa shape index (κ2) is 6.82. The Morgan fingerprint density at radius 3 is 2.61 bits per heavy atom. The fraction of sp³-hybridized carbons (Fsp3) is 0.0588. The minimum atomic E-state index is -0.425. The number of nitrogens with one attached hydrogen (secondary N) is 1. The number of hydrogen-bond donors (Lipinski definition) is 1. The third kappa shape index (κ3) is 4.10. The van der Waals surface area contributed by atoms with Gasteiger partial charge in [0.05, 0.1) is 0 Å². The zero-order valence-electron chi connectivity index (χ0n) is 11.9. The highest BCUT2D eigenvalue weighted by Crippen LogP contribution is 2.19. The highest BCUT2D eigenvalue weighted by atomic mass is 127. The molecule has 0 aliphatic carbocycles. The van der Waals surface area contributed by atoms with Gasteiger partial charge >= 0.3 is 5.63 Å². The van der Waals surface area contributed by atoms with Crippen LogP contribution in [0.4, 0.5) is 5.69 Å². The summed E-state index contributed by atoms with van der Waals surface area (Å²) in [5, 5.41) is 3.54. The topological polar surface area (TPSA) is 68.5 Å². The Balaban J connectivity index is 1.64. The van der Waals surface area contributed by atoms with E-state index >= 15 is 0 Å². The van der Waals surface area contributed by atoms with Gasteiger partial charge in [0.1, 0.15) is 11.3 Å². The summed E-state index contributed by atoms with van der Waals surface area (Å²) in [7, 11) is 0. The van der Waals surface area contributed by atoms with Gasteiger partial charge < -0.3 is 14.5 Å². The fourth-order valence-electron chi connectivity index (χ4n) is 2.01. The van der Waals surface area contributed by atoms with Crippen LogP contribution in [0.25, 0.3) is 11.0 Å². The van der Waals surface area contributed by atoms with E-state index in [1.807, 2.05) is 24.3 Å². The predicted molar refractivity (Wildman–Crippen MR) is 95.8 cm³/mol. The lowest BCUT2D eigenvalue weighted by Crippen LogP contribution is -2.20. The average Bonchev–Trinajstić information content (AvgIpc) is 2.54. The smallest absolute Gasteiger partial charge is 0.336 e. The van der Waals surface area contributed by atoms with Crippen LogP contribution in [-0.4, -0.2) is 12.5 Å². The number of ether oxygens (including phenoxy) is 1. The molecule has 0 spiro atoms. The van der Waals surface area contributed by atoms with Crippen LogP contribution in [0, 0.1) is 3.57 Å². The third-order valence-electron chi connectivity index (χ3n) is 3.09. The second-order valence-electron chi connectivity index (χ2n) is 4.80. The molecule has 116 valence electrons. The van der Waals surface area contributed by atoms with Crippen molar-refractivity contribution in [3.63, 3.8) is 0 Å². The zero-order chi connectivity index (χ0) is 16.2. The normalized spacial score (nSPS) is 10.5. The molecule has 3 rings (SSSR count). The molecule has 0 radical (unpaired) electrons. The molecule has 3 aromatic rings. The van der Waals surface area contributed by atoms with Crippen molar-refractivity contribution in [2.75, 3.05) is 11.9 Å². The molecular weight excluding hydrogens is 409 g/mol. The van der Waals surface area contributed by atoms with E-state index in [4.69, 9.17) is 9.15 Å².